The molecule has 0 aromatic heterocycles. The highest BCUT2D eigenvalue weighted by Gasteiger charge is 2.23. The Kier molecular flexibility index (Phi) is 7.63. The first-order chi connectivity index (χ1) is 14.3. The average molecular weight is 470 g/mol. The maximum atomic E-state index is 12.5. The Labute approximate surface area is 187 Å². The fourth-order valence-corrected chi connectivity index (χ4v) is 5.02. The number of likely N-dealkylation sites (N-methyl/N-ethyl adjacent to an activating group) is 1. The maximum absolute atomic E-state index is 12.5. The topological polar surface area (TPSA) is 78.5 Å². The van der Waals surface area contributed by atoms with Crippen molar-refractivity contribution in [2.75, 3.05) is 24.4 Å². The lowest BCUT2D eigenvalue weighted by molar-refractivity contribution is -0.120. The summed E-state index contributed by atoms with van der Waals surface area (Å²) in [5.74, 6) is -0.0397. The second kappa shape index (κ2) is 10.0. The Morgan fingerprint density at radius 2 is 1.87 bits per heavy atom. The summed E-state index contributed by atoms with van der Waals surface area (Å²) in [5, 5.41) is 3.46. The first-order valence-electron chi connectivity index (χ1n) is 9.86. The van der Waals surface area contributed by atoms with E-state index in [1.165, 1.54) is 24.6 Å². The molecule has 1 fully saturated rings. The molecule has 2 aromatic carbocycles. The van der Waals surface area contributed by atoms with E-state index in [4.69, 9.17) is 23.2 Å². The van der Waals surface area contributed by atoms with Gasteiger partial charge in [0.25, 0.3) is 10.0 Å². The van der Waals surface area contributed by atoms with Crippen LogP contribution in [0.1, 0.15) is 25.3 Å². The standard InChI is InChI=1S/C21H25Cl2N3O3S/c1-2-26-11-3-4-17(26)14-24-21(27)12-15-5-7-16(8-6-15)25-30(28,29)18-9-10-19(22)20(23)13-18/h5-10,13,17,25H,2-4,11-12,14H2,1H3,(H,24,27). The van der Waals surface area contributed by atoms with Crippen molar-refractivity contribution >= 4 is 44.8 Å². The molecule has 1 aliphatic heterocycles. The molecule has 9 heteroatoms. The van der Waals surface area contributed by atoms with Gasteiger partial charge in [0.1, 0.15) is 0 Å². The number of hydrogen-bond donors (Lipinski definition) is 2. The van der Waals surface area contributed by atoms with Crippen LogP contribution in [-0.4, -0.2) is 44.9 Å². The largest absolute Gasteiger partial charge is 0.354 e. The SMILES string of the molecule is CCN1CCCC1CNC(=O)Cc1ccc(NS(=O)(=O)c2ccc(Cl)c(Cl)c2)cc1. The van der Waals surface area contributed by atoms with Crippen LogP contribution in [-0.2, 0) is 21.2 Å². The Balaban J connectivity index is 1.55. The molecular formula is C21H25Cl2N3O3S. The van der Waals surface area contributed by atoms with Crippen LogP contribution < -0.4 is 10.0 Å². The van der Waals surface area contributed by atoms with Crippen molar-refractivity contribution in [3.05, 3.63) is 58.1 Å². The molecule has 6 nitrogen and oxygen atoms in total. The van der Waals surface area contributed by atoms with Crippen molar-refractivity contribution < 1.29 is 13.2 Å². The van der Waals surface area contributed by atoms with Gasteiger partial charge in [-0.2, -0.15) is 0 Å². The quantitative estimate of drug-likeness (QED) is 0.613. The van der Waals surface area contributed by atoms with Crippen LogP contribution in [0, 0.1) is 0 Å². The van der Waals surface area contributed by atoms with Crippen molar-refractivity contribution in [1.29, 1.82) is 0 Å². The van der Waals surface area contributed by atoms with Gasteiger partial charge in [-0.25, -0.2) is 8.42 Å². The van der Waals surface area contributed by atoms with E-state index in [1.807, 2.05) is 0 Å². The molecule has 1 saturated heterocycles. The molecule has 0 bridgehead atoms. The molecule has 30 heavy (non-hydrogen) atoms. The molecule has 3 rings (SSSR count). The number of carbonyl (C=O) groups is 1. The summed E-state index contributed by atoms with van der Waals surface area (Å²) in [6.07, 6.45) is 2.54. The van der Waals surface area contributed by atoms with E-state index >= 15 is 0 Å². The number of nitrogens with one attached hydrogen (secondary N) is 2. The summed E-state index contributed by atoms with van der Waals surface area (Å²) >= 11 is 11.8. The van der Waals surface area contributed by atoms with Crippen LogP contribution in [0.25, 0.3) is 0 Å². The van der Waals surface area contributed by atoms with E-state index in [1.54, 1.807) is 24.3 Å². The molecule has 2 N–H and O–H groups in total. The van der Waals surface area contributed by atoms with Crippen LogP contribution in [0.3, 0.4) is 0 Å². The zero-order chi connectivity index (χ0) is 21.7. The van der Waals surface area contributed by atoms with Gasteiger partial charge in [-0.1, -0.05) is 42.3 Å². The highest BCUT2D eigenvalue weighted by Crippen LogP contribution is 2.26. The van der Waals surface area contributed by atoms with Gasteiger partial charge in [0.2, 0.25) is 5.91 Å². The molecule has 0 radical (unpaired) electrons. The lowest BCUT2D eigenvalue weighted by Crippen LogP contribution is -2.40. The van der Waals surface area contributed by atoms with Crippen molar-refractivity contribution in [1.82, 2.24) is 10.2 Å². The lowest BCUT2D eigenvalue weighted by atomic mass is 10.1. The van der Waals surface area contributed by atoms with Gasteiger partial charge in [0.15, 0.2) is 0 Å². The van der Waals surface area contributed by atoms with E-state index in [0.29, 0.717) is 18.3 Å². The average Bonchev–Trinajstić information content (AvgIpc) is 3.17. The number of sulfonamides is 1. The third-order valence-corrected chi connectivity index (χ3v) is 7.33. The minimum Gasteiger partial charge on any atom is -0.354 e. The third kappa shape index (κ3) is 5.88. The predicted octanol–water partition coefficient (Wildman–Crippen LogP) is 3.94. The lowest BCUT2D eigenvalue weighted by Gasteiger charge is -2.22. The number of carbonyl (C=O) groups excluding carboxylic acids is 1. The summed E-state index contributed by atoms with van der Waals surface area (Å²) in [7, 11) is -3.79. The maximum Gasteiger partial charge on any atom is 0.261 e. The summed E-state index contributed by atoms with van der Waals surface area (Å²) in [4.78, 5) is 14.7. The summed E-state index contributed by atoms with van der Waals surface area (Å²) in [6.45, 7) is 4.89. The van der Waals surface area contributed by atoms with E-state index < -0.39 is 10.0 Å². The fourth-order valence-electron chi connectivity index (χ4n) is 3.57. The highest BCUT2D eigenvalue weighted by molar-refractivity contribution is 7.92. The molecule has 2 aromatic rings. The predicted molar refractivity (Wildman–Crippen MR) is 121 cm³/mol. The molecule has 1 unspecified atom stereocenters. The Bertz CT molecular complexity index is 997. The van der Waals surface area contributed by atoms with Crippen LogP contribution >= 0.6 is 23.2 Å². The van der Waals surface area contributed by atoms with Crippen LogP contribution in [0.2, 0.25) is 10.0 Å². The molecule has 162 valence electrons. The highest BCUT2D eigenvalue weighted by atomic mass is 35.5. The number of likely N-dealkylation sites (tertiary alicyclic amines) is 1. The number of nitrogens with zero attached hydrogens (tertiary/aromatic N) is 1. The summed E-state index contributed by atoms with van der Waals surface area (Å²) in [6, 6.07) is 11.3. The normalized spacial score (nSPS) is 17.1. The zero-order valence-corrected chi connectivity index (χ0v) is 19.0. The monoisotopic (exact) mass is 469 g/mol. The van der Waals surface area contributed by atoms with Gasteiger partial charge in [0, 0.05) is 18.3 Å². The minimum absolute atomic E-state index is 0.0217. The van der Waals surface area contributed by atoms with Gasteiger partial charge >= 0.3 is 0 Å². The van der Waals surface area contributed by atoms with E-state index in [0.717, 1.165) is 25.1 Å². The Hall–Kier alpha value is -1.80. The van der Waals surface area contributed by atoms with Crippen molar-refractivity contribution in [2.24, 2.45) is 0 Å². The number of amides is 1. The number of hydrogen-bond acceptors (Lipinski definition) is 4. The Morgan fingerprint density at radius 1 is 1.13 bits per heavy atom. The van der Waals surface area contributed by atoms with Crippen LogP contribution in [0.15, 0.2) is 47.4 Å². The number of halogens is 2. The van der Waals surface area contributed by atoms with Crippen LogP contribution in [0.5, 0.6) is 0 Å². The van der Waals surface area contributed by atoms with Gasteiger partial charge in [-0.05, 0) is 61.8 Å². The van der Waals surface area contributed by atoms with Gasteiger partial charge in [0.05, 0.1) is 21.4 Å². The summed E-state index contributed by atoms with van der Waals surface area (Å²) < 4.78 is 27.5. The van der Waals surface area contributed by atoms with Crippen LogP contribution in [0.4, 0.5) is 5.69 Å². The number of rotatable bonds is 8. The van der Waals surface area contributed by atoms with Crippen molar-refractivity contribution in [3.63, 3.8) is 0 Å². The van der Waals surface area contributed by atoms with Gasteiger partial charge < -0.3 is 5.32 Å². The zero-order valence-electron chi connectivity index (χ0n) is 16.7. The molecule has 0 saturated carbocycles. The molecule has 0 spiro atoms. The van der Waals surface area contributed by atoms with Crippen molar-refractivity contribution in [2.45, 2.75) is 37.1 Å². The Morgan fingerprint density at radius 3 is 2.53 bits per heavy atom. The van der Waals surface area contributed by atoms with Crippen molar-refractivity contribution in [3.8, 4) is 0 Å². The first-order valence-corrected chi connectivity index (χ1v) is 12.1. The molecule has 1 heterocycles. The van der Waals surface area contributed by atoms with E-state index in [2.05, 4.69) is 21.9 Å². The summed E-state index contributed by atoms with van der Waals surface area (Å²) in [5.41, 5.74) is 1.21. The van der Waals surface area contributed by atoms with Gasteiger partial charge in [-0.15, -0.1) is 0 Å². The molecule has 1 atom stereocenters. The first kappa shape index (κ1) is 22.9. The van der Waals surface area contributed by atoms with E-state index in [9.17, 15) is 13.2 Å². The minimum atomic E-state index is -3.79. The van der Waals surface area contributed by atoms with Gasteiger partial charge in [-0.3, -0.25) is 14.4 Å². The second-order valence-corrected chi connectivity index (χ2v) is 9.78. The molecule has 0 aliphatic carbocycles. The molecular weight excluding hydrogens is 445 g/mol. The third-order valence-electron chi connectivity index (χ3n) is 5.21. The number of benzene rings is 2. The molecule has 1 amide bonds. The smallest absolute Gasteiger partial charge is 0.261 e. The fraction of sp³-hybridized carbons (Fsp3) is 0.381. The van der Waals surface area contributed by atoms with E-state index in [-0.39, 0.29) is 27.3 Å². The second-order valence-electron chi connectivity index (χ2n) is 7.28. The number of anilines is 1. The molecule has 1 aliphatic rings.